The van der Waals surface area contributed by atoms with Crippen LogP contribution in [-0.2, 0) is 11.2 Å². The minimum absolute atomic E-state index is 0.191. The average molecular weight is 225 g/mol. The molecule has 0 amide bonds. The molecule has 1 rings (SSSR count). The molecule has 6 heteroatoms. The number of rotatable bonds is 4. The Bertz CT molecular complexity index is 429. The summed E-state index contributed by atoms with van der Waals surface area (Å²) in [6, 6.07) is 3.86. The van der Waals surface area contributed by atoms with Gasteiger partial charge in [-0.15, -0.1) is 0 Å². The standard InChI is InChI=1S/C10H11NO5/c1-6(10(13)14)4-7-2-3-9(12)8(5-7)11(15)16/h2-3,5-6,12H,4H2,1H3,(H,13,14)/t6-/m0/s1. The molecule has 1 aromatic rings. The highest BCUT2D eigenvalue weighted by Crippen LogP contribution is 2.27. The fourth-order valence-electron chi connectivity index (χ4n) is 1.28. The quantitative estimate of drug-likeness (QED) is 0.598. The average Bonchev–Trinajstić information content (AvgIpc) is 2.20. The minimum Gasteiger partial charge on any atom is -0.502 e. The number of phenolic OH excluding ortho intramolecular Hbond substituents is 1. The van der Waals surface area contributed by atoms with Gasteiger partial charge in [0.25, 0.3) is 0 Å². The number of nitrogens with zero attached hydrogens (tertiary/aromatic N) is 1. The molecule has 1 aromatic carbocycles. The number of aromatic hydroxyl groups is 1. The van der Waals surface area contributed by atoms with E-state index in [4.69, 9.17) is 5.11 Å². The van der Waals surface area contributed by atoms with E-state index in [9.17, 15) is 20.0 Å². The Balaban J connectivity index is 2.95. The molecule has 0 aliphatic carbocycles. The van der Waals surface area contributed by atoms with E-state index in [0.29, 0.717) is 5.56 Å². The molecule has 0 unspecified atom stereocenters. The maximum absolute atomic E-state index is 10.6. The molecule has 0 saturated carbocycles. The second-order valence-corrected chi connectivity index (χ2v) is 3.52. The monoisotopic (exact) mass is 225 g/mol. The van der Waals surface area contributed by atoms with Gasteiger partial charge in [0, 0.05) is 6.07 Å². The van der Waals surface area contributed by atoms with Crippen LogP contribution in [0, 0.1) is 16.0 Å². The van der Waals surface area contributed by atoms with Crippen LogP contribution < -0.4 is 0 Å². The highest BCUT2D eigenvalue weighted by atomic mass is 16.6. The third kappa shape index (κ3) is 2.69. The van der Waals surface area contributed by atoms with Gasteiger partial charge in [-0.3, -0.25) is 14.9 Å². The molecule has 0 fully saturated rings. The van der Waals surface area contributed by atoms with E-state index in [2.05, 4.69) is 0 Å². The SMILES string of the molecule is C[C@@H](Cc1ccc(O)c([N+](=O)[O-])c1)C(=O)O. The summed E-state index contributed by atoms with van der Waals surface area (Å²) < 4.78 is 0. The summed E-state index contributed by atoms with van der Waals surface area (Å²) >= 11 is 0. The lowest BCUT2D eigenvalue weighted by molar-refractivity contribution is -0.385. The van der Waals surface area contributed by atoms with Crippen molar-refractivity contribution >= 4 is 11.7 Å². The van der Waals surface area contributed by atoms with Gasteiger partial charge >= 0.3 is 11.7 Å². The zero-order valence-corrected chi connectivity index (χ0v) is 8.58. The Labute approximate surface area is 91.3 Å². The number of nitro benzene ring substituents is 1. The molecule has 6 nitrogen and oxygen atoms in total. The Morgan fingerprint density at radius 2 is 2.19 bits per heavy atom. The van der Waals surface area contributed by atoms with Gasteiger partial charge in [0.05, 0.1) is 10.8 Å². The van der Waals surface area contributed by atoms with Crippen LogP contribution in [-0.4, -0.2) is 21.1 Å². The van der Waals surface area contributed by atoms with Gasteiger partial charge in [0.2, 0.25) is 0 Å². The molecule has 0 bridgehead atoms. The predicted molar refractivity (Wildman–Crippen MR) is 55.3 cm³/mol. The van der Waals surface area contributed by atoms with E-state index in [-0.39, 0.29) is 6.42 Å². The van der Waals surface area contributed by atoms with Gasteiger partial charge in [0.15, 0.2) is 5.75 Å². The fourth-order valence-corrected chi connectivity index (χ4v) is 1.28. The Morgan fingerprint density at radius 1 is 1.56 bits per heavy atom. The summed E-state index contributed by atoms with van der Waals surface area (Å²) in [7, 11) is 0. The summed E-state index contributed by atoms with van der Waals surface area (Å²) in [5, 5.41) is 28.4. The number of benzene rings is 1. The lowest BCUT2D eigenvalue weighted by Crippen LogP contribution is -2.12. The van der Waals surface area contributed by atoms with Crippen LogP contribution in [0.3, 0.4) is 0 Å². The van der Waals surface area contributed by atoms with E-state index in [1.54, 1.807) is 0 Å². The summed E-state index contributed by atoms with van der Waals surface area (Å²) in [5.41, 5.74) is 0.106. The van der Waals surface area contributed by atoms with E-state index in [1.165, 1.54) is 25.1 Å². The Hall–Kier alpha value is -2.11. The van der Waals surface area contributed by atoms with Crippen molar-refractivity contribution in [3.63, 3.8) is 0 Å². The lowest BCUT2D eigenvalue weighted by atomic mass is 10.0. The van der Waals surface area contributed by atoms with Gasteiger partial charge in [-0.2, -0.15) is 0 Å². The van der Waals surface area contributed by atoms with E-state index >= 15 is 0 Å². The number of phenols is 1. The van der Waals surface area contributed by atoms with Crippen LogP contribution in [0.2, 0.25) is 0 Å². The van der Waals surface area contributed by atoms with Gasteiger partial charge in [-0.1, -0.05) is 13.0 Å². The maximum Gasteiger partial charge on any atom is 0.310 e. The zero-order valence-electron chi connectivity index (χ0n) is 8.58. The molecule has 0 saturated heterocycles. The molecule has 0 aliphatic rings. The maximum atomic E-state index is 10.6. The molecule has 1 atom stereocenters. The number of hydrogen-bond acceptors (Lipinski definition) is 4. The predicted octanol–water partition coefficient (Wildman–Crippen LogP) is 1.56. The van der Waals surface area contributed by atoms with Crippen molar-refractivity contribution in [2.24, 2.45) is 5.92 Å². The van der Waals surface area contributed by atoms with Crippen molar-refractivity contribution in [2.45, 2.75) is 13.3 Å². The number of hydrogen-bond donors (Lipinski definition) is 2. The first-order valence-corrected chi connectivity index (χ1v) is 4.61. The third-order valence-corrected chi connectivity index (χ3v) is 2.20. The topological polar surface area (TPSA) is 101 Å². The largest absolute Gasteiger partial charge is 0.502 e. The molecule has 0 radical (unpaired) electrons. The molecule has 0 aliphatic heterocycles. The zero-order chi connectivity index (χ0) is 12.3. The van der Waals surface area contributed by atoms with Crippen LogP contribution in [0.15, 0.2) is 18.2 Å². The molecule has 16 heavy (non-hydrogen) atoms. The molecule has 0 aromatic heterocycles. The fraction of sp³-hybridized carbons (Fsp3) is 0.300. The van der Waals surface area contributed by atoms with Crippen molar-refractivity contribution < 1.29 is 19.9 Å². The number of carboxylic acid groups (broad SMARTS) is 1. The minimum atomic E-state index is -0.962. The van der Waals surface area contributed by atoms with Gasteiger partial charge in [0.1, 0.15) is 0 Å². The number of carbonyl (C=O) groups is 1. The highest BCUT2D eigenvalue weighted by molar-refractivity contribution is 5.70. The molecule has 0 heterocycles. The van der Waals surface area contributed by atoms with Gasteiger partial charge < -0.3 is 10.2 Å². The normalized spacial score (nSPS) is 12.1. The summed E-state index contributed by atoms with van der Waals surface area (Å²) in [6.07, 6.45) is 0.191. The van der Waals surface area contributed by atoms with Crippen LogP contribution in [0.25, 0.3) is 0 Å². The van der Waals surface area contributed by atoms with Crippen molar-refractivity contribution in [2.75, 3.05) is 0 Å². The summed E-state index contributed by atoms with van der Waals surface area (Å²) in [6.45, 7) is 1.51. The molecular formula is C10H11NO5. The van der Waals surface area contributed by atoms with Crippen LogP contribution >= 0.6 is 0 Å². The molecular weight excluding hydrogens is 214 g/mol. The summed E-state index contributed by atoms with van der Waals surface area (Å²) in [5.74, 6) is -2.00. The van der Waals surface area contributed by atoms with Crippen molar-refractivity contribution in [3.8, 4) is 5.75 Å². The highest BCUT2D eigenvalue weighted by Gasteiger charge is 2.17. The first-order chi connectivity index (χ1) is 7.41. The van der Waals surface area contributed by atoms with Crippen LogP contribution in [0.1, 0.15) is 12.5 Å². The van der Waals surface area contributed by atoms with Crippen molar-refractivity contribution in [1.82, 2.24) is 0 Å². The lowest BCUT2D eigenvalue weighted by Gasteiger charge is -2.06. The van der Waals surface area contributed by atoms with E-state index < -0.39 is 28.2 Å². The molecule has 2 N–H and O–H groups in total. The first-order valence-electron chi connectivity index (χ1n) is 4.61. The van der Waals surface area contributed by atoms with Gasteiger partial charge in [-0.25, -0.2) is 0 Å². The second-order valence-electron chi connectivity index (χ2n) is 3.52. The second kappa shape index (κ2) is 4.61. The number of aliphatic carboxylic acids is 1. The van der Waals surface area contributed by atoms with E-state index in [1.807, 2.05) is 0 Å². The smallest absolute Gasteiger partial charge is 0.310 e. The van der Waals surface area contributed by atoms with E-state index in [0.717, 1.165) is 0 Å². The number of carboxylic acids is 1. The molecule has 0 spiro atoms. The van der Waals surface area contributed by atoms with Gasteiger partial charge in [-0.05, 0) is 18.1 Å². The van der Waals surface area contributed by atoms with Crippen molar-refractivity contribution in [1.29, 1.82) is 0 Å². The van der Waals surface area contributed by atoms with Crippen molar-refractivity contribution in [3.05, 3.63) is 33.9 Å². The molecule has 86 valence electrons. The first kappa shape index (κ1) is 12.0. The van der Waals surface area contributed by atoms with Crippen LogP contribution in [0.4, 0.5) is 5.69 Å². The Kier molecular flexibility index (Phi) is 3.44. The number of nitro groups is 1. The Morgan fingerprint density at radius 3 is 2.69 bits per heavy atom. The van der Waals surface area contributed by atoms with Crippen LogP contribution in [0.5, 0.6) is 5.75 Å². The third-order valence-electron chi connectivity index (χ3n) is 2.20. The summed E-state index contributed by atoms with van der Waals surface area (Å²) in [4.78, 5) is 20.4.